The van der Waals surface area contributed by atoms with E-state index in [-0.39, 0.29) is 5.54 Å². The zero-order valence-corrected chi connectivity index (χ0v) is 10.3. The monoisotopic (exact) mass is 275 g/mol. The maximum Gasteiger partial charge on any atom is 0.417 e. The van der Waals surface area contributed by atoms with E-state index in [1.807, 2.05) is 0 Å². The first kappa shape index (κ1) is 14.1. The molecule has 0 atom stereocenters. The number of alkyl halides is 3. The van der Waals surface area contributed by atoms with E-state index in [0.717, 1.165) is 12.3 Å². The van der Waals surface area contributed by atoms with Crippen LogP contribution in [0.25, 0.3) is 0 Å². The minimum absolute atomic E-state index is 0.342. The van der Waals surface area contributed by atoms with Gasteiger partial charge in [0, 0.05) is 26.0 Å². The Kier molecular flexibility index (Phi) is 3.96. The summed E-state index contributed by atoms with van der Waals surface area (Å²) >= 11 is 0. The molecule has 1 fully saturated rings. The smallest absolute Gasteiger partial charge is 0.381 e. The molecular weight excluding hydrogens is 259 g/mol. The van der Waals surface area contributed by atoms with Crippen LogP contribution in [0.3, 0.4) is 0 Å². The number of ether oxygens (including phenoxy) is 1. The van der Waals surface area contributed by atoms with Gasteiger partial charge in [0.1, 0.15) is 5.82 Å². The molecule has 19 heavy (non-hydrogen) atoms. The summed E-state index contributed by atoms with van der Waals surface area (Å²) in [6, 6.07) is 2.34. The SMILES string of the molecule is NCC1(Nc2ccc(C(F)(F)F)cn2)CCOCC1. The Labute approximate surface area is 109 Å². The standard InChI is InChI=1S/C12H16F3N3O/c13-12(14,15)9-1-2-10(17-7-9)18-11(8-16)3-5-19-6-4-11/h1-2,7H,3-6,8,16H2,(H,17,18). The lowest BCUT2D eigenvalue weighted by molar-refractivity contribution is -0.137. The maximum absolute atomic E-state index is 12.4. The fraction of sp³-hybridized carbons (Fsp3) is 0.583. The molecule has 0 radical (unpaired) electrons. The van der Waals surface area contributed by atoms with Crippen LogP contribution in [0.15, 0.2) is 18.3 Å². The van der Waals surface area contributed by atoms with Crippen molar-refractivity contribution in [3.8, 4) is 0 Å². The molecule has 1 aromatic heterocycles. The van der Waals surface area contributed by atoms with Gasteiger partial charge in [-0.3, -0.25) is 0 Å². The average Bonchev–Trinajstić information content (AvgIpc) is 2.39. The Morgan fingerprint density at radius 3 is 2.47 bits per heavy atom. The van der Waals surface area contributed by atoms with Gasteiger partial charge in [-0.05, 0) is 25.0 Å². The molecule has 1 aliphatic rings. The fourth-order valence-corrected chi connectivity index (χ4v) is 2.05. The molecule has 0 bridgehead atoms. The quantitative estimate of drug-likeness (QED) is 0.886. The lowest BCUT2D eigenvalue weighted by Gasteiger charge is -2.37. The van der Waals surface area contributed by atoms with E-state index in [9.17, 15) is 13.2 Å². The lowest BCUT2D eigenvalue weighted by atomic mass is 9.90. The van der Waals surface area contributed by atoms with Crippen LogP contribution in [0.1, 0.15) is 18.4 Å². The number of aromatic nitrogens is 1. The van der Waals surface area contributed by atoms with Crippen LogP contribution in [0, 0.1) is 0 Å². The highest BCUT2D eigenvalue weighted by Crippen LogP contribution is 2.30. The van der Waals surface area contributed by atoms with E-state index in [1.54, 1.807) is 0 Å². The van der Waals surface area contributed by atoms with Crippen molar-refractivity contribution in [3.63, 3.8) is 0 Å². The Morgan fingerprint density at radius 1 is 1.32 bits per heavy atom. The van der Waals surface area contributed by atoms with Crippen LogP contribution in [-0.2, 0) is 10.9 Å². The summed E-state index contributed by atoms with van der Waals surface area (Å²) in [5.41, 5.74) is 4.66. The first-order valence-corrected chi connectivity index (χ1v) is 6.04. The second kappa shape index (κ2) is 5.34. The van der Waals surface area contributed by atoms with Gasteiger partial charge >= 0.3 is 6.18 Å². The molecule has 0 unspecified atom stereocenters. The molecule has 0 saturated carbocycles. The molecule has 0 amide bonds. The van der Waals surface area contributed by atoms with Crippen molar-refractivity contribution in [1.82, 2.24) is 4.98 Å². The number of anilines is 1. The first-order chi connectivity index (χ1) is 8.95. The first-order valence-electron chi connectivity index (χ1n) is 6.04. The van der Waals surface area contributed by atoms with Crippen LogP contribution in [0.2, 0.25) is 0 Å². The summed E-state index contributed by atoms with van der Waals surface area (Å²) in [6.07, 6.45) is -2.11. The van der Waals surface area contributed by atoms with Crippen LogP contribution in [0.5, 0.6) is 0 Å². The number of rotatable bonds is 3. The average molecular weight is 275 g/mol. The number of hydrogen-bond acceptors (Lipinski definition) is 4. The third-order valence-electron chi connectivity index (χ3n) is 3.32. The van der Waals surface area contributed by atoms with Crippen LogP contribution < -0.4 is 11.1 Å². The molecule has 0 aromatic carbocycles. The highest BCUT2D eigenvalue weighted by molar-refractivity contribution is 5.39. The van der Waals surface area contributed by atoms with Gasteiger partial charge in [-0.15, -0.1) is 0 Å². The fourth-order valence-electron chi connectivity index (χ4n) is 2.05. The summed E-state index contributed by atoms with van der Waals surface area (Å²) in [5, 5.41) is 3.14. The molecule has 2 heterocycles. The third kappa shape index (κ3) is 3.36. The highest BCUT2D eigenvalue weighted by atomic mass is 19.4. The van der Waals surface area contributed by atoms with E-state index in [2.05, 4.69) is 10.3 Å². The molecule has 4 nitrogen and oxygen atoms in total. The predicted molar refractivity (Wildman–Crippen MR) is 64.7 cm³/mol. The minimum Gasteiger partial charge on any atom is -0.381 e. The van der Waals surface area contributed by atoms with Gasteiger partial charge in [0.25, 0.3) is 0 Å². The van der Waals surface area contributed by atoms with Gasteiger partial charge in [0.15, 0.2) is 0 Å². The predicted octanol–water partition coefficient (Wildman–Crippen LogP) is 2.02. The molecule has 1 aliphatic heterocycles. The van der Waals surface area contributed by atoms with E-state index in [4.69, 9.17) is 10.5 Å². The van der Waals surface area contributed by atoms with Crippen molar-refractivity contribution < 1.29 is 17.9 Å². The molecule has 0 aliphatic carbocycles. The van der Waals surface area contributed by atoms with Crippen LogP contribution in [0.4, 0.5) is 19.0 Å². The Hall–Kier alpha value is -1.34. The topological polar surface area (TPSA) is 60.2 Å². The van der Waals surface area contributed by atoms with Crippen molar-refractivity contribution in [2.45, 2.75) is 24.6 Å². The summed E-state index contributed by atoms with van der Waals surface area (Å²) in [7, 11) is 0. The highest BCUT2D eigenvalue weighted by Gasteiger charge is 2.33. The van der Waals surface area contributed by atoms with Crippen molar-refractivity contribution >= 4 is 5.82 Å². The van der Waals surface area contributed by atoms with E-state index >= 15 is 0 Å². The van der Waals surface area contributed by atoms with Gasteiger partial charge in [-0.1, -0.05) is 0 Å². The Balaban J connectivity index is 2.10. The molecule has 106 valence electrons. The van der Waals surface area contributed by atoms with Gasteiger partial charge < -0.3 is 15.8 Å². The second-order valence-corrected chi connectivity index (χ2v) is 4.65. The van der Waals surface area contributed by atoms with E-state index in [1.165, 1.54) is 6.07 Å². The normalized spacial score (nSPS) is 19.2. The summed E-state index contributed by atoms with van der Waals surface area (Å²) in [5.74, 6) is 0.403. The molecule has 0 spiro atoms. The van der Waals surface area contributed by atoms with Crippen molar-refractivity contribution in [2.75, 3.05) is 25.1 Å². The zero-order valence-electron chi connectivity index (χ0n) is 10.3. The third-order valence-corrected chi connectivity index (χ3v) is 3.32. The zero-order chi connectivity index (χ0) is 13.9. The lowest BCUT2D eigenvalue weighted by Crippen LogP contribution is -2.49. The Morgan fingerprint density at radius 2 is 2.00 bits per heavy atom. The number of halogens is 3. The van der Waals surface area contributed by atoms with E-state index < -0.39 is 11.7 Å². The maximum atomic E-state index is 12.4. The van der Waals surface area contributed by atoms with Crippen LogP contribution >= 0.6 is 0 Å². The number of pyridine rings is 1. The summed E-state index contributed by atoms with van der Waals surface area (Å²) < 4.78 is 42.5. The van der Waals surface area contributed by atoms with Crippen molar-refractivity contribution in [2.24, 2.45) is 5.73 Å². The number of nitrogens with two attached hydrogens (primary N) is 1. The van der Waals surface area contributed by atoms with Gasteiger partial charge in [0.2, 0.25) is 0 Å². The molecule has 1 saturated heterocycles. The largest absolute Gasteiger partial charge is 0.417 e. The molecular formula is C12H16F3N3O. The molecule has 7 heteroatoms. The number of hydrogen-bond donors (Lipinski definition) is 2. The molecule has 2 rings (SSSR count). The summed E-state index contributed by atoms with van der Waals surface area (Å²) in [6.45, 7) is 1.56. The molecule has 3 N–H and O–H groups in total. The molecule has 1 aromatic rings. The number of nitrogens with zero attached hydrogens (tertiary/aromatic N) is 1. The van der Waals surface area contributed by atoms with Crippen LogP contribution in [-0.4, -0.2) is 30.3 Å². The van der Waals surface area contributed by atoms with Gasteiger partial charge in [-0.2, -0.15) is 13.2 Å². The van der Waals surface area contributed by atoms with Gasteiger partial charge in [-0.25, -0.2) is 4.98 Å². The van der Waals surface area contributed by atoms with Crippen molar-refractivity contribution in [3.05, 3.63) is 23.9 Å². The minimum atomic E-state index is -4.37. The number of nitrogens with one attached hydrogen (secondary N) is 1. The second-order valence-electron chi connectivity index (χ2n) is 4.65. The van der Waals surface area contributed by atoms with Crippen molar-refractivity contribution in [1.29, 1.82) is 0 Å². The van der Waals surface area contributed by atoms with E-state index in [0.29, 0.717) is 38.4 Å². The Bertz CT molecular complexity index is 413. The van der Waals surface area contributed by atoms with Gasteiger partial charge in [0.05, 0.1) is 11.1 Å². The summed E-state index contributed by atoms with van der Waals surface area (Å²) in [4.78, 5) is 3.80.